The first-order chi connectivity index (χ1) is 12.6. The van der Waals surface area contributed by atoms with Gasteiger partial charge in [0.15, 0.2) is 11.6 Å². The van der Waals surface area contributed by atoms with E-state index in [1.807, 2.05) is 0 Å². The van der Waals surface area contributed by atoms with Crippen LogP contribution in [-0.4, -0.2) is 12.6 Å². The van der Waals surface area contributed by atoms with Gasteiger partial charge in [-0.25, -0.2) is 13.6 Å². The quantitative estimate of drug-likeness (QED) is 0.292. The van der Waals surface area contributed by atoms with Gasteiger partial charge in [-0.3, -0.25) is 4.89 Å². The Morgan fingerprint density at radius 1 is 0.885 bits per heavy atom. The molecule has 0 aliphatic rings. The van der Waals surface area contributed by atoms with E-state index in [9.17, 15) is 13.6 Å². The van der Waals surface area contributed by atoms with E-state index in [1.54, 1.807) is 30.3 Å². The summed E-state index contributed by atoms with van der Waals surface area (Å²) in [7, 11) is 0. The van der Waals surface area contributed by atoms with Crippen molar-refractivity contribution in [1.82, 2.24) is 0 Å². The molecule has 0 saturated carbocycles. The van der Waals surface area contributed by atoms with Crippen LogP contribution in [-0.2, 0) is 9.78 Å². The molecule has 0 aromatic heterocycles. The van der Waals surface area contributed by atoms with Gasteiger partial charge in [-0.2, -0.15) is 4.89 Å². The molecule has 0 spiro atoms. The molecule has 5 heteroatoms. The molecule has 26 heavy (non-hydrogen) atoms. The van der Waals surface area contributed by atoms with Gasteiger partial charge >= 0.3 is 5.97 Å². The Morgan fingerprint density at radius 3 is 2.31 bits per heavy atom. The lowest BCUT2D eigenvalue weighted by Gasteiger charge is -2.08. The van der Waals surface area contributed by atoms with E-state index >= 15 is 0 Å². The Labute approximate surface area is 152 Å². The summed E-state index contributed by atoms with van der Waals surface area (Å²) in [6.07, 6.45) is 6.40. The van der Waals surface area contributed by atoms with Gasteiger partial charge in [0.05, 0.1) is 6.61 Å². The molecule has 0 bridgehead atoms. The van der Waals surface area contributed by atoms with E-state index in [2.05, 4.69) is 11.8 Å². The molecule has 2 aromatic rings. The number of hydrogen-bond acceptors (Lipinski definition) is 3. The molecule has 0 radical (unpaired) electrons. The van der Waals surface area contributed by atoms with Crippen LogP contribution in [0, 0.1) is 11.6 Å². The highest BCUT2D eigenvalue weighted by Gasteiger charge is 2.21. The highest BCUT2D eigenvalue weighted by molar-refractivity contribution is 5.90. The molecule has 2 rings (SSSR count). The van der Waals surface area contributed by atoms with Crippen molar-refractivity contribution in [2.75, 3.05) is 6.61 Å². The molecule has 0 saturated heterocycles. The fraction of sp³-hybridized carbons (Fsp3) is 0.381. The summed E-state index contributed by atoms with van der Waals surface area (Å²) in [6.45, 7) is 2.39. The summed E-state index contributed by atoms with van der Waals surface area (Å²) < 4.78 is 28.5. The first kappa shape index (κ1) is 20.0. The first-order valence-corrected chi connectivity index (χ1v) is 9.02. The van der Waals surface area contributed by atoms with Crippen LogP contribution in [0.4, 0.5) is 8.78 Å². The van der Waals surface area contributed by atoms with Crippen LogP contribution in [0.3, 0.4) is 0 Å². The minimum absolute atomic E-state index is 0.0904. The molecule has 0 heterocycles. The van der Waals surface area contributed by atoms with Crippen LogP contribution in [0.1, 0.15) is 55.8 Å². The predicted octanol–water partition coefficient (Wildman–Crippen LogP) is 6.08. The summed E-state index contributed by atoms with van der Waals surface area (Å²) in [5.74, 6) is -3.35. The van der Waals surface area contributed by atoms with Crippen molar-refractivity contribution >= 4 is 5.97 Å². The lowest BCUT2D eigenvalue weighted by atomic mass is 10.0. The van der Waals surface area contributed by atoms with Crippen LogP contribution in [0.15, 0.2) is 42.5 Å². The summed E-state index contributed by atoms with van der Waals surface area (Å²) in [4.78, 5) is 21.3. The van der Waals surface area contributed by atoms with Gasteiger partial charge in [0.2, 0.25) is 0 Å². The molecule has 0 aliphatic carbocycles. The van der Waals surface area contributed by atoms with Crippen molar-refractivity contribution in [3.8, 4) is 11.1 Å². The molecule has 140 valence electrons. The number of halogens is 2. The fourth-order valence-corrected chi connectivity index (χ4v) is 2.63. The molecule has 0 N–H and O–H groups in total. The molecule has 0 amide bonds. The Morgan fingerprint density at radius 2 is 1.58 bits per heavy atom. The van der Waals surface area contributed by atoms with Gasteiger partial charge < -0.3 is 0 Å². The third kappa shape index (κ3) is 5.63. The lowest BCUT2D eigenvalue weighted by molar-refractivity contribution is -0.241. The number of rotatable bonds is 10. The number of carbonyl (C=O) groups is 1. The second-order valence-electron chi connectivity index (χ2n) is 6.12. The highest BCUT2D eigenvalue weighted by Crippen LogP contribution is 2.26. The predicted molar refractivity (Wildman–Crippen MR) is 96.5 cm³/mol. The van der Waals surface area contributed by atoms with Crippen LogP contribution in [0.25, 0.3) is 11.1 Å². The van der Waals surface area contributed by atoms with Crippen molar-refractivity contribution in [1.29, 1.82) is 0 Å². The van der Waals surface area contributed by atoms with Crippen molar-refractivity contribution in [3.05, 3.63) is 59.7 Å². The van der Waals surface area contributed by atoms with E-state index in [0.717, 1.165) is 19.3 Å². The molecule has 0 atom stereocenters. The first-order valence-electron chi connectivity index (χ1n) is 9.02. The zero-order valence-electron chi connectivity index (χ0n) is 15.0. The van der Waals surface area contributed by atoms with Crippen molar-refractivity contribution in [3.63, 3.8) is 0 Å². The number of hydrogen-bond donors (Lipinski definition) is 0. The molecular formula is C21H24F2O3. The summed E-state index contributed by atoms with van der Waals surface area (Å²) in [5, 5.41) is 0. The lowest BCUT2D eigenvalue weighted by Crippen LogP contribution is -2.10. The summed E-state index contributed by atoms with van der Waals surface area (Å²) in [6, 6.07) is 11.1. The Hall–Kier alpha value is -2.27. The third-order valence-electron chi connectivity index (χ3n) is 4.10. The largest absolute Gasteiger partial charge is 0.376 e. The number of benzene rings is 2. The average Bonchev–Trinajstić information content (AvgIpc) is 2.66. The zero-order chi connectivity index (χ0) is 18.8. The topological polar surface area (TPSA) is 35.5 Å². The maximum absolute atomic E-state index is 14.3. The Kier molecular flexibility index (Phi) is 8.22. The summed E-state index contributed by atoms with van der Waals surface area (Å²) >= 11 is 0. The van der Waals surface area contributed by atoms with E-state index in [4.69, 9.17) is 4.89 Å². The van der Waals surface area contributed by atoms with Crippen LogP contribution >= 0.6 is 0 Å². The smallest absolute Gasteiger partial charge is 0.293 e. The van der Waals surface area contributed by atoms with Crippen LogP contribution < -0.4 is 0 Å². The van der Waals surface area contributed by atoms with Crippen LogP contribution in [0.5, 0.6) is 0 Å². The van der Waals surface area contributed by atoms with Gasteiger partial charge in [-0.1, -0.05) is 75.4 Å². The Bertz CT molecular complexity index is 702. The van der Waals surface area contributed by atoms with E-state index in [-0.39, 0.29) is 12.2 Å². The molecular weight excluding hydrogens is 338 g/mol. The molecule has 0 aliphatic heterocycles. The van der Waals surface area contributed by atoms with E-state index < -0.39 is 23.2 Å². The fourth-order valence-electron chi connectivity index (χ4n) is 2.63. The standard InChI is InChI=1S/C21H24F2O3/c1-2-3-4-5-6-10-15-25-26-21(24)18-14-13-17(19(22)20(18)23)16-11-8-7-9-12-16/h7-9,11-14H,2-6,10,15H2,1H3. The van der Waals surface area contributed by atoms with Gasteiger partial charge in [0, 0.05) is 5.56 Å². The van der Waals surface area contributed by atoms with Gasteiger partial charge in [0.25, 0.3) is 0 Å². The van der Waals surface area contributed by atoms with Gasteiger partial charge in [-0.05, 0) is 18.1 Å². The number of unbranched alkanes of at least 4 members (excludes halogenated alkanes) is 5. The van der Waals surface area contributed by atoms with Crippen molar-refractivity contribution < 1.29 is 23.4 Å². The monoisotopic (exact) mass is 362 g/mol. The maximum atomic E-state index is 14.3. The average molecular weight is 362 g/mol. The normalized spacial score (nSPS) is 10.7. The van der Waals surface area contributed by atoms with Gasteiger partial charge in [-0.15, -0.1) is 0 Å². The third-order valence-corrected chi connectivity index (χ3v) is 4.10. The minimum atomic E-state index is -1.24. The zero-order valence-corrected chi connectivity index (χ0v) is 15.0. The number of carbonyl (C=O) groups excluding carboxylic acids is 1. The van der Waals surface area contributed by atoms with E-state index in [1.165, 1.54) is 31.4 Å². The minimum Gasteiger partial charge on any atom is -0.293 e. The molecule has 0 fully saturated rings. The molecule has 2 aromatic carbocycles. The van der Waals surface area contributed by atoms with Crippen LogP contribution in [0.2, 0.25) is 0 Å². The van der Waals surface area contributed by atoms with Gasteiger partial charge in [0.1, 0.15) is 5.56 Å². The maximum Gasteiger partial charge on any atom is 0.376 e. The molecule has 0 unspecified atom stereocenters. The molecule has 3 nitrogen and oxygen atoms in total. The SMILES string of the molecule is CCCCCCCCOOC(=O)c1ccc(-c2ccccc2)c(F)c1F. The van der Waals surface area contributed by atoms with E-state index in [0.29, 0.717) is 5.56 Å². The van der Waals surface area contributed by atoms with Crippen molar-refractivity contribution in [2.45, 2.75) is 45.4 Å². The van der Waals surface area contributed by atoms with Crippen molar-refractivity contribution in [2.24, 2.45) is 0 Å². The second kappa shape index (κ2) is 10.7. The second-order valence-corrected chi connectivity index (χ2v) is 6.12. The highest BCUT2D eigenvalue weighted by atomic mass is 19.2. The Balaban J connectivity index is 1.87. The summed E-state index contributed by atoms with van der Waals surface area (Å²) in [5.41, 5.74) is 0.140.